The number of phenols is 2. The van der Waals surface area contributed by atoms with E-state index in [0.29, 0.717) is 23.3 Å². The predicted octanol–water partition coefficient (Wildman–Crippen LogP) is 4.94. The van der Waals surface area contributed by atoms with Gasteiger partial charge in [-0.25, -0.2) is 0 Å². The number of carboxylic acid groups (broad SMARTS) is 1. The molecule has 0 amide bonds. The lowest BCUT2D eigenvalue weighted by molar-refractivity contribution is -0.135. The number of aromatic hydroxyl groups is 2. The lowest BCUT2D eigenvalue weighted by atomic mass is 10.0. The van der Waals surface area contributed by atoms with Crippen molar-refractivity contribution in [1.29, 1.82) is 0 Å². The van der Waals surface area contributed by atoms with Gasteiger partial charge in [0.15, 0.2) is 0 Å². The molecule has 0 aliphatic heterocycles. The SMILES string of the molecule is CNCC(=O)O.Cc1ccc(C(C)C)c(O)c1.Cc1ccc(C(C)C)cc1O. The number of nitrogens with one attached hydrogen (secondary N) is 1. The van der Waals surface area contributed by atoms with Gasteiger partial charge in [-0.05, 0) is 67.1 Å². The molecule has 0 fully saturated rings. The molecule has 4 N–H and O–H groups in total. The van der Waals surface area contributed by atoms with Crippen molar-refractivity contribution >= 4 is 5.97 Å². The third-order valence-corrected chi connectivity index (χ3v) is 4.04. The van der Waals surface area contributed by atoms with Crippen molar-refractivity contribution in [2.45, 2.75) is 53.4 Å². The van der Waals surface area contributed by atoms with Crippen molar-refractivity contribution in [2.24, 2.45) is 0 Å². The molecule has 5 nitrogen and oxygen atoms in total. The maximum Gasteiger partial charge on any atom is 0.317 e. The summed E-state index contributed by atoms with van der Waals surface area (Å²) in [6.45, 7) is 12.3. The average molecular weight is 390 g/mol. The summed E-state index contributed by atoms with van der Waals surface area (Å²) >= 11 is 0. The quantitative estimate of drug-likeness (QED) is 0.595. The van der Waals surface area contributed by atoms with Crippen molar-refractivity contribution in [2.75, 3.05) is 13.6 Å². The zero-order valence-electron chi connectivity index (χ0n) is 18.1. The van der Waals surface area contributed by atoms with Crippen LogP contribution in [0.1, 0.15) is 61.8 Å². The molecule has 0 bridgehead atoms. The van der Waals surface area contributed by atoms with Gasteiger partial charge >= 0.3 is 5.97 Å². The Kier molecular flexibility index (Phi) is 11.6. The Morgan fingerprint density at radius 2 is 1.54 bits per heavy atom. The highest BCUT2D eigenvalue weighted by atomic mass is 16.4. The van der Waals surface area contributed by atoms with Gasteiger partial charge in [0, 0.05) is 0 Å². The van der Waals surface area contributed by atoms with Gasteiger partial charge in [-0.2, -0.15) is 0 Å². The number of benzene rings is 2. The van der Waals surface area contributed by atoms with Crippen LogP contribution in [0.15, 0.2) is 36.4 Å². The van der Waals surface area contributed by atoms with E-state index in [-0.39, 0.29) is 6.54 Å². The van der Waals surface area contributed by atoms with E-state index in [1.54, 1.807) is 13.1 Å². The van der Waals surface area contributed by atoms with Crippen LogP contribution in [0.4, 0.5) is 0 Å². The van der Waals surface area contributed by atoms with Gasteiger partial charge in [-0.15, -0.1) is 0 Å². The molecule has 2 rings (SSSR count). The highest BCUT2D eigenvalue weighted by molar-refractivity contribution is 5.68. The first-order valence-corrected chi connectivity index (χ1v) is 9.44. The molecule has 5 heteroatoms. The fourth-order valence-electron chi connectivity index (χ4n) is 2.28. The molecule has 0 saturated carbocycles. The smallest absolute Gasteiger partial charge is 0.317 e. The third-order valence-electron chi connectivity index (χ3n) is 4.04. The van der Waals surface area contributed by atoms with Crippen molar-refractivity contribution in [3.8, 4) is 11.5 Å². The van der Waals surface area contributed by atoms with Crippen LogP contribution >= 0.6 is 0 Å². The summed E-state index contributed by atoms with van der Waals surface area (Å²) in [7, 11) is 1.59. The number of phenolic OH excluding ortho intramolecular Hbond substituents is 2. The Morgan fingerprint density at radius 3 is 1.89 bits per heavy atom. The highest BCUT2D eigenvalue weighted by Crippen LogP contribution is 2.25. The van der Waals surface area contributed by atoms with Gasteiger partial charge in [-0.3, -0.25) is 4.79 Å². The van der Waals surface area contributed by atoms with E-state index in [0.717, 1.165) is 16.7 Å². The molecule has 2 aromatic rings. The Morgan fingerprint density at radius 1 is 0.929 bits per heavy atom. The number of carboxylic acids is 1. The number of aliphatic carboxylic acids is 1. The van der Waals surface area contributed by atoms with E-state index in [2.05, 4.69) is 39.1 Å². The van der Waals surface area contributed by atoms with Crippen LogP contribution in [-0.4, -0.2) is 34.9 Å². The Bertz CT molecular complexity index is 739. The van der Waals surface area contributed by atoms with Crippen molar-refractivity contribution in [3.05, 3.63) is 58.7 Å². The first-order valence-electron chi connectivity index (χ1n) is 9.44. The lowest BCUT2D eigenvalue weighted by Gasteiger charge is -2.07. The molecule has 0 aromatic heterocycles. The second-order valence-corrected chi connectivity index (χ2v) is 7.34. The summed E-state index contributed by atoms with van der Waals surface area (Å²) in [5, 5.41) is 29.1. The summed E-state index contributed by atoms with van der Waals surface area (Å²) in [6.07, 6.45) is 0. The predicted molar refractivity (Wildman–Crippen MR) is 115 cm³/mol. The summed E-state index contributed by atoms with van der Waals surface area (Å²) < 4.78 is 0. The van der Waals surface area contributed by atoms with Gasteiger partial charge < -0.3 is 20.6 Å². The molecule has 2 aromatic carbocycles. The fraction of sp³-hybridized carbons (Fsp3) is 0.435. The highest BCUT2D eigenvalue weighted by Gasteiger charge is 2.04. The minimum Gasteiger partial charge on any atom is -0.508 e. The number of rotatable bonds is 4. The zero-order chi connectivity index (χ0) is 21.9. The van der Waals surface area contributed by atoms with Crippen LogP contribution in [0.2, 0.25) is 0 Å². The van der Waals surface area contributed by atoms with Gasteiger partial charge in [0.05, 0.1) is 6.54 Å². The van der Waals surface area contributed by atoms with Crippen molar-refractivity contribution in [1.82, 2.24) is 5.32 Å². The monoisotopic (exact) mass is 389 g/mol. The van der Waals surface area contributed by atoms with Crippen LogP contribution in [0.5, 0.6) is 11.5 Å². The number of aryl methyl sites for hydroxylation is 2. The van der Waals surface area contributed by atoms with Crippen molar-refractivity contribution in [3.63, 3.8) is 0 Å². The maximum atomic E-state index is 9.54. The Balaban J connectivity index is 0.000000411. The first kappa shape index (κ1) is 25.5. The van der Waals surface area contributed by atoms with Crippen LogP contribution < -0.4 is 5.32 Å². The number of hydrogen-bond donors (Lipinski definition) is 4. The number of likely N-dealkylation sites (N-methyl/N-ethyl adjacent to an activating group) is 1. The van der Waals surface area contributed by atoms with E-state index in [1.165, 1.54) is 5.56 Å². The molecule has 28 heavy (non-hydrogen) atoms. The molecule has 0 heterocycles. The summed E-state index contributed by atoms with van der Waals surface area (Å²) in [5.74, 6) is 0.880. The molecular formula is C23H35NO4. The summed E-state index contributed by atoms with van der Waals surface area (Å²) in [6, 6.07) is 11.6. The van der Waals surface area contributed by atoms with E-state index in [9.17, 15) is 15.0 Å². The van der Waals surface area contributed by atoms with Gasteiger partial charge in [0.25, 0.3) is 0 Å². The van der Waals surface area contributed by atoms with Gasteiger partial charge in [0.2, 0.25) is 0 Å². The second kappa shape index (κ2) is 12.8. The van der Waals surface area contributed by atoms with E-state index >= 15 is 0 Å². The van der Waals surface area contributed by atoms with Crippen LogP contribution in [-0.2, 0) is 4.79 Å². The Hall–Kier alpha value is -2.53. The molecule has 0 atom stereocenters. The molecular weight excluding hydrogens is 354 g/mol. The summed E-state index contributed by atoms with van der Waals surface area (Å²) in [4.78, 5) is 9.54. The minimum atomic E-state index is -0.822. The largest absolute Gasteiger partial charge is 0.508 e. The standard InChI is InChI=1S/2C10H14O.C3H7NO2/c1-7(2)9-5-4-8(3)10(11)6-9;1-7(2)9-5-4-8(3)6-10(9)11;1-4-2-3(5)6/h2*4-7,11H,1-3H3;4H,2H2,1H3,(H,5,6). The van der Waals surface area contributed by atoms with Gasteiger partial charge in [0.1, 0.15) is 11.5 Å². The molecule has 0 saturated heterocycles. The normalized spacial score (nSPS) is 10.0. The maximum absolute atomic E-state index is 9.54. The topological polar surface area (TPSA) is 89.8 Å². The van der Waals surface area contributed by atoms with Crippen LogP contribution in [0.3, 0.4) is 0 Å². The molecule has 0 spiro atoms. The average Bonchev–Trinajstić information content (AvgIpc) is 2.57. The van der Waals surface area contributed by atoms with Crippen LogP contribution in [0.25, 0.3) is 0 Å². The summed E-state index contributed by atoms with van der Waals surface area (Å²) in [5.41, 5.74) is 4.25. The third kappa shape index (κ3) is 9.97. The van der Waals surface area contributed by atoms with E-state index in [1.807, 2.05) is 38.1 Å². The molecule has 0 aliphatic rings. The molecule has 0 radical (unpaired) electrons. The molecule has 156 valence electrons. The first-order chi connectivity index (χ1) is 13.0. The second-order valence-electron chi connectivity index (χ2n) is 7.34. The number of carbonyl (C=O) groups is 1. The van der Waals surface area contributed by atoms with Gasteiger partial charge in [-0.1, -0.05) is 52.0 Å². The molecule has 0 unspecified atom stereocenters. The molecule has 0 aliphatic carbocycles. The van der Waals surface area contributed by atoms with E-state index < -0.39 is 5.97 Å². The van der Waals surface area contributed by atoms with Crippen LogP contribution in [0, 0.1) is 13.8 Å². The fourth-order valence-corrected chi connectivity index (χ4v) is 2.28. The van der Waals surface area contributed by atoms with Crippen molar-refractivity contribution < 1.29 is 20.1 Å². The minimum absolute atomic E-state index is 0.0417. The lowest BCUT2D eigenvalue weighted by Crippen LogP contribution is -2.16. The Labute approximate surface area is 169 Å². The number of hydrogen-bond acceptors (Lipinski definition) is 4. The van der Waals surface area contributed by atoms with E-state index in [4.69, 9.17) is 5.11 Å². The zero-order valence-corrected chi connectivity index (χ0v) is 18.1.